The molecule has 0 unspecified atom stereocenters. The van der Waals surface area contributed by atoms with Crippen molar-refractivity contribution in [1.82, 2.24) is 15.1 Å². The van der Waals surface area contributed by atoms with Crippen molar-refractivity contribution in [1.29, 1.82) is 0 Å². The molecule has 7 nitrogen and oxygen atoms in total. The number of rotatable bonds is 5. The van der Waals surface area contributed by atoms with E-state index >= 15 is 0 Å². The van der Waals surface area contributed by atoms with Gasteiger partial charge in [0.05, 0.1) is 5.92 Å². The Bertz CT molecular complexity index is 1100. The van der Waals surface area contributed by atoms with Crippen molar-refractivity contribution >= 4 is 11.8 Å². The van der Waals surface area contributed by atoms with E-state index in [0.29, 0.717) is 23.6 Å². The first kappa shape index (κ1) is 22.7. The third-order valence-corrected chi connectivity index (χ3v) is 7.34. The summed E-state index contributed by atoms with van der Waals surface area (Å²) in [6.07, 6.45) is 2.88. The number of nitrogens with one attached hydrogen (secondary N) is 1. The lowest BCUT2D eigenvalue weighted by molar-refractivity contribution is -0.138. The zero-order valence-corrected chi connectivity index (χ0v) is 20.1. The summed E-state index contributed by atoms with van der Waals surface area (Å²) in [5.41, 5.74) is 5.86. The summed E-state index contributed by atoms with van der Waals surface area (Å²) in [4.78, 5) is 30.2. The largest absolute Gasteiger partial charge is 0.454 e. The number of hydrogen-bond donors (Lipinski definition) is 1. The molecule has 0 spiro atoms. The molecule has 0 bridgehead atoms. The van der Waals surface area contributed by atoms with Crippen molar-refractivity contribution in [3.8, 4) is 11.5 Å². The van der Waals surface area contributed by atoms with Crippen LogP contribution in [0, 0.1) is 19.8 Å². The monoisotopic (exact) mass is 463 g/mol. The molecule has 5 rings (SSSR count). The van der Waals surface area contributed by atoms with Crippen LogP contribution in [0.4, 0.5) is 0 Å². The molecule has 0 aromatic heterocycles. The highest BCUT2D eigenvalue weighted by atomic mass is 16.7. The van der Waals surface area contributed by atoms with Crippen LogP contribution >= 0.6 is 0 Å². The molecule has 1 saturated heterocycles. The van der Waals surface area contributed by atoms with Crippen LogP contribution in [-0.2, 0) is 17.8 Å². The van der Waals surface area contributed by atoms with Crippen LogP contribution in [-0.4, -0.2) is 61.1 Å². The van der Waals surface area contributed by atoms with Gasteiger partial charge in [0.2, 0.25) is 12.7 Å². The molecule has 7 heteroatoms. The molecule has 2 aromatic rings. The van der Waals surface area contributed by atoms with Crippen LogP contribution < -0.4 is 14.8 Å². The first-order valence-corrected chi connectivity index (χ1v) is 12.3. The minimum atomic E-state index is -0.125. The van der Waals surface area contributed by atoms with Crippen molar-refractivity contribution < 1.29 is 19.1 Å². The highest BCUT2D eigenvalue weighted by Gasteiger charge is 2.31. The van der Waals surface area contributed by atoms with Gasteiger partial charge >= 0.3 is 0 Å². The lowest BCUT2D eigenvalue weighted by Crippen LogP contribution is -2.47. The maximum Gasteiger partial charge on any atom is 0.251 e. The van der Waals surface area contributed by atoms with Crippen molar-refractivity contribution in [2.24, 2.45) is 5.92 Å². The molecule has 3 aliphatic rings. The Morgan fingerprint density at radius 3 is 2.68 bits per heavy atom. The molecule has 180 valence electrons. The number of fused-ring (bicyclic) bond motifs is 2. The molecule has 0 aliphatic carbocycles. The third kappa shape index (κ3) is 4.75. The fourth-order valence-electron chi connectivity index (χ4n) is 5.23. The number of benzene rings is 2. The summed E-state index contributed by atoms with van der Waals surface area (Å²) < 4.78 is 10.7. The number of ether oxygens (including phenoxy) is 2. The van der Waals surface area contributed by atoms with Crippen LogP contribution in [0.2, 0.25) is 0 Å². The van der Waals surface area contributed by atoms with E-state index < -0.39 is 0 Å². The molecule has 1 N–H and O–H groups in total. The van der Waals surface area contributed by atoms with Gasteiger partial charge in [-0.15, -0.1) is 0 Å². The Kier molecular flexibility index (Phi) is 6.46. The van der Waals surface area contributed by atoms with E-state index in [0.717, 1.165) is 52.0 Å². The van der Waals surface area contributed by atoms with Gasteiger partial charge in [-0.2, -0.15) is 0 Å². The Labute approximate surface area is 201 Å². The number of amides is 2. The summed E-state index contributed by atoms with van der Waals surface area (Å²) in [7, 11) is 0. The summed E-state index contributed by atoms with van der Waals surface area (Å²) in [6, 6.07) is 9.76. The quantitative estimate of drug-likeness (QED) is 0.738. The van der Waals surface area contributed by atoms with Crippen molar-refractivity contribution in [3.05, 3.63) is 58.1 Å². The van der Waals surface area contributed by atoms with E-state index in [9.17, 15) is 9.59 Å². The SMILES string of the molecule is Cc1cc2c(cc1C)CN(C(=O)[C@@H]1CCCN(CCNC(=O)c3ccc4c(c3)OCO4)C1)CC2. The van der Waals surface area contributed by atoms with E-state index in [1.54, 1.807) is 18.2 Å². The topological polar surface area (TPSA) is 71.1 Å². The zero-order valence-electron chi connectivity index (χ0n) is 20.1. The summed E-state index contributed by atoms with van der Waals surface area (Å²) in [5.74, 6) is 1.46. The smallest absolute Gasteiger partial charge is 0.251 e. The number of piperidine rings is 1. The number of hydrogen-bond acceptors (Lipinski definition) is 5. The van der Waals surface area contributed by atoms with Crippen LogP contribution in [0.1, 0.15) is 45.5 Å². The highest BCUT2D eigenvalue weighted by molar-refractivity contribution is 5.94. The number of carbonyl (C=O) groups is 2. The number of nitrogens with zero attached hydrogens (tertiary/aromatic N) is 2. The number of aryl methyl sites for hydroxylation is 2. The van der Waals surface area contributed by atoms with Crippen molar-refractivity contribution in [2.45, 2.75) is 39.7 Å². The Morgan fingerprint density at radius 1 is 1.03 bits per heavy atom. The predicted octanol–water partition coefficient (Wildman–Crippen LogP) is 3.06. The van der Waals surface area contributed by atoms with Crippen LogP contribution in [0.3, 0.4) is 0 Å². The average molecular weight is 464 g/mol. The molecule has 2 amide bonds. The van der Waals surface area contributed by atoms with Gasteiger partial charge in [0, 0.05) is 38.3 Å². The van der Waals surface area contributed by atoms with E-state index in [4.69, 9.17) is 9.47 Å². The summed E-state index contributed by atoms with van der Waals surface area (Å²) >= 11 is 0. The predicted molar refractivity (Wildman–Crippen MR) is 129 cm³/mol. The Balaban J connectivity index is 1.12. The second-order valence-corrected chi connectivity index (χ2v) is 9.68. The number of likely N-dealkylation sites (tertiary alicyclic amines) is 1. The molecule has 1 fully saturated rings. The maximum absolute atomic E-state index is 13.3. The fourth-order valence-corrected chi connectivity index (χ4v) is 5.23. The molecule has 3 heterocycles. The molecular formula is C27H33N3O4. The normalized spacial score (nSPS) is 19.6. The summed E-state index contributed by atoms with van der Waals surface area (Å²) in [6.45, 7) is 9.01. The molecule has 2 aromatic carbocycles. The zero-order chi connectivity index (χ0) is 23.7. The Morgan fingerprint density at radius 2 is 1.82 bits per heavy atom. The van der Waals surface area contributed by atoms with Gasteiger partial charge in [-0.05, 0) is 80.1 Å². The van der Waals surface area contributed by atoms with Gasteiger partial charge in [0.25, 0.3) is 5.91 Å². The standard InChI is InChI=1S/C27H33N3O4/c1-18-12-20-7-10-30(16-23(20)13-19(18)2)27(32)22-4-3-9-29(15-22)11-8-28-26(31)21-5-6-24-25(14-21)34-17-33-24/h5-6,12-14,22H,3-4,7-11,15-17H2,1-2H3,(H,28,31)/t22-/m1/s1. The second kappa shape index (κ2) is 9.66. The lowest BCUT2D eigenvalue weighted by Gasteiger charge is -2.37. The van der Waals surface area contributed by atoms with Gasteiger partial charge in [-0.1, -0.05) is 12.1 Å². The van der Waals surface area contributed by atoms with Crippen molar-refractivity contribution in [2.75, 3.05) is 39.5 Å². The van der Waals surface area contributed by atoms with E-state index in [2.05, 4.69) is 36.2 Å². The van der Waals surface area contributed by atoms with Crippen LogP contribution in [0.25, 0.3) is 0 Å². The van der Waals surface area contributed by atoms with Gasteiger partial charge in [0.15, 0.2) is 11.5 Å². The maximum atomic E-state index is 13.3. The number of carbonyl (C=O) groups excluding carboxylic acids is 2. The van der Waals surface area contributed by atoms with E-state index in [-0.39, 0.29) is 24.5 Å². The first-order valence-electron chi connectivity index (χ1n) is 12.3. The molecule has 0 saturated carbocycles. The summed E-state index contributed by atoms with van der Waals surface area (Å²) in [5, 5.41) is 2.99. The Hall–Kier alpha value is -3.06. The molecule has 34 heavy (non-hydrogen) atoms. The van der Waals surface area contributed by atoms with Gasteiger partial charge in [-0.25, -0.2) is 0 Å². The molecule has 0 radical (unpaired) electrons. The molecular weight excluding hydrogens is 430 g/mol. The van der Waals surface area contributed by atoms with Crippen molar-refractivity contribution in [3.63, 3.8) is 0 Å². The average Bonchev–Trinajstić information content (AvgIpc) is 3.32. The lowest BCUT2D eigenvalue weighted by atomic mass is 9.92. The van der Waals surface area contributed by atoms with Gasteiger partial charge in [-0.3, -0.25) is 9.59 Å². The minimum absolute atomic E-state index is 0.0337. The fraction of sp³-hybridized carbons (Fsp3) is 0.481. The minimum Gasteiger partial charge on any atom is -0.454 e. The third-order valence-electron chi connectivity index (χ3n) is 7.34. The van der Waals surface area contributed by atoms with E-state index in [1.165, 1.54) is 22.3 Å². The van der Waals surface area contributed by atoms with E-state index in [1.807, 2.05) is 4.90 Å². The molecule has 1 atom stereocenters. The second-order valence-electron chi connectivity index (χ2n) is 9.68. The highest BCUT2D eigenvalue weighted by Crippen LogP contribution is 2.32. The van der Waals surface area contributed by atoms with Crippen LogP contribution in [0.5, 0.6) is 11.5 Å². The van der Waals surface area contributed by atoms with Gasteiger partial charge < -0.3 is 24.6 Å². The molecule has 3 aliphatic heterocycles. The van der Waals surface area contributed by atoms with Crippen LogP contribution in [0.15, 0.2) is 30.3 Å². The first-order chi connectivity index (χ1) is 16.5. The van der Waals surface area contributed by atoms with Gasteiger partial charge in [0.1, 0.15) is 0 Å².